The molecular formula is C14H15F4NO3. The van der Waals surface area contributed by atoms with Crippen LogP contribution in [0.4, 0.5) is 22.4 Å². The summed E-state index contributed by atoms with van der Waals surface area (Å²) in [6.07, 6.45) is -9.04. The number of benzene rings is 1. The quantitative estimate of drug-likeness (QED) is 0.860. The van der Waals surface area contributed by atoms with Crippen LogP contribution in [-0.2, 0) is 4.74 Å². The number of nitrogens with one attached hydrogen (secondary N) is 1. The molecule has 4 nitrogen and oxygen atoms in total. The minimum Gasteiger partial charge on any atom is -0.449 e. The monoisotopic (exact) mass is 321 g/mol. The topological polar surface area (TPSA) is 47.6 Å². The number of amides is 1. The highest BCUT2D eigenvalue weighted by Gasteiger charge is 2.44. The zero-order valence-electron chi connectivity index (χ0n) is 11.9. The molecule has 1 amide bonds. The second kappa shape index (κ2) is 5.66. The van der Waals surface area contributed by atoms with Crippen LogP contribution in [0.15, 0.2) is 24.3 Å². The van der Waals surface area contributed by atoms with Crippen LogP contribution in [0.25, 0.3) is 0 Å². The fourth-order valence-corrected chi connectivity index (χ4v) is 2.15. The van der Waals surface area contributed by atoms with Crippen LogP contribution < -0.4 is 10.1 Å². The van der Waals surface area contributed by atoms with E-state index >= 15 is 0 Å². The van der Waals surface area contributed by atoms with Crippen LogP contribution in [-0.4, -0.2) is 25.2 Å². The molecule has 1 N–H and O–H groups in total. The minimum absolute atomic E-state index is 0.200. The van der Waals surface area contributed by atoms with Crippen molar-refractivity contribution in [3.05, 3.63) is 29.8 Å². The first-order valence-corrected chi connectivity index (χ1v) is 6.50. The van der Waals surface area contributed by atoms with Gasteiger partial charge >= 0.3 is 18.6 Å². The average Bonchev–Trinajstić information content (AvgIpc) is 2.42. The van der Waals surface area contributed by atoms with Crippen LogP contribution in [0.1, 0.15) is 25.5 Å². The van der Waals surface area contributed by atoms with Crippen molar-refractivity contribution in [2.45, 2.75) is 32.4 Å². The number of hydrogen-bond acceptors (Lipinski definition) is 3. The lowest BCUT2D eigenvalue weighted by Gasteiger charge is -2.38. The van der Waals surface area contributed by atoms with Crippen molar-refractivity contribution in [2.24, 2.45) is 5.41 Å². The van der Waals surface area contributed by atoms with E-state index in [-0.39, 0.29) is 12.4 Å². The van der Waals surface area contributed by atoms with Crippen molar-refractivity contribution in [3.8, 4) is 5.75 Å². The molecule has 1 heterocycles. The maximum Gasteiger partial charge on any atom is 0.461 e. The van der Waals surface area contributed by atoms with E-state index in [0.717, 1.165) is 12.1 Å². The van der Waals surface area contributed by atoms with Crippen LogP contribution in [0, 0.1) is 5.41 Å². The molecule has 1 aromatic carbocycles. The number of rotatable bonds is 4. The van der Waals surface area contributed by atoms with Crippen molar-refractivity contribution in [2.75, 3.05) is 6.61 Å². The first kappa shape index (κ1) is 16.4. The molecule has 1 fully saturated rings. The first-order chi connectivity index (χ1) is 10.1. The Balaban J connectivity index is 2.16. The number of carbonyl (C=O) groups excluding carboxylic acids is 1. The summed E-state index contributed by atoms with van der Waals surface area (Å²) in [6.45, 7) is 3.93. The summed E-state index contributed by atoms with van der Waals surface area (Å²) in [5.74, 6) is -0.384. The molecule has 1 atom stereocenters. The molecule has 0 saturated carbocycles. The molecule has 0 aromatic heterocycles. The van der Waals surface area contributed by atoms with Gasteiger partial charge in [-0.15, -0.1) is 0 Å². The first-order valence-electron chi connectivity index (χ1n) is 6.50. The molecule has 2 rings (SSSR count). The third-order valence-electron chi connectivity index (χ3n) is 3.34. The molecule has 22 heavy (non-hydrogen) atoms. The maximum atomic E-state index is 12.8. The SMILES string of the molecule is CC1(C)COC(=O)N[C@H]1c1ccc(OC(F)(F)C(F)F)cc1. The van der Waals surface area contributed by atoms with Crippen molar-refractivity contribution in [1.29, 1.82) is 0 Å². The van der Waals surface area contributed by atoms with Gasteiger partial charge in [-0.25, -0.2) is 4.79 Å². The summed E-state index contributed by atoms with van der Waals surface area (Å²) < 4.78 is 58.7. The molecule has 1 aliphatic rings. The lowest BCUT2D eigenvalue weighted by atomic mass is 9.80. The van der Waals surface area contributed by atoms with Crippen LogP contribution in [0.2, 0.25) is 0 Å². The van der Waals surface area contributed by atoms with Gasteiger partial charge in [0, 0.05) is 5.41 Å². The van der Waals surface area contributed by atoms with E-state index in [1.54, 1.807) is 0 Å². The summed E-state index contributed by atoms with van der Waals surface area (Å²) >= 11 is 0. The highest BCUT2D eigenvalue weighted by Crippen LogP contribution is 2.37. The number of alkyl halides is 4. The van der Waals surface area contributed by atoms with E-state index in [1.165, 1.54) is 12.1 Å². The Kier molecular flexibility index (Phi) is 4.21. The zero-order valence-corrected chi connectivity index (χ0v) is 11.9. The Hall–Kier alpha value is -1.99. The van der Waals surface area contributed by atoms with Crippen molar-refractivity contribution < 1.29 is 31.8 Å². The van der Waals surface area contributed by atoms with Gasteiger partial charge in [0.05, 0.1) is 6.04 Å². The number of ether oxygens (including phenoxy) is 2. The highest BCUT2D eigenvalue weighted by molar-refractivity contribution is 5.69. The number of carbonyl (C=O) groups is 1. The predicted octanol–water partition coefficient (Wildman–Crippen LogP) is 3.73. The molecule has 0 spiro atoms. The molecule has 122 valence electrons. The van der Waals surface area contributed by atoms with Crippen molar-refractivity contribution in [1.82, 2.24) is 5.32 Å². The molecule has 8 heteroatoms. The van der Waals surface area contributed by atoms with Crippen LogP contribution >= 0.6 is 0 Å². The van der Waals surface area contributed by atoms with E-state index in [0.29, 0.717) is 5.56 Å². The Morgan fingerprint density at radius 2 is 1.91 bits per heavy atom. The van der Waals surface area contributed by atoms with Gasteiger partial charge in [-0.2, -0.15) is 17.6 Å². The van der Waals surface area contributed by atoms with E-state index in [9.17, 15) is 22.4 Å². The summed E-state index contributed by atoms with van der Waals surface area (Å²) in [4.78, 5) is 11.3. The molecule has 0 bridgehead atoms. The summed E-state index contributed by atoms with van der Waals surface area (Å²) in [5, 5.41) is 2.64. The molecule has 1 aromatic rings. The second-order valence-electron chi connectivity index (χ2n) is 5.68. The zero-order chi connectivity index (χ0) is 16.5. The van der Waals surface area contributed by atoms with E-state index in [4.69, 9.17) is 4.74 Å². The maximum absolute atomic E-state index is 12.8. The largest absolute Gasteiger partial charge is 0.461 e. The fraction of sp³-hybridized carbons (Fsp3) is 0.500. The molecule has 0 radical (unpaired) electrons. The Morgan fingerprint density at radius 1 is 1.32 bits per heavy atom. The molecule has 0 aliphatic carbocycles. The Bertz CT molecular complexity index is 546. The van der Waals surface area contributed by atoms with E-state index in [2.05, 4.69) is 10.1 Å². The fourth-order valence-electron chi connectivity index (χ4n) is 2.15. The lowest BCUT2D eigenvalue weighted by Crippen LogP contribution is -2.46. The predicted molar refractivity (Wildman–Crippen MR) is 69.0 cm³/mol. The van der Waals surface area contributed by atoms with Gasteiger partial charge in [-0.3, -0.25) is 0 Å². The van der Waals surface area contributed by atoms with Crippen molar-refractivity contribution >= 4 is 6.09 Å². The van der Waals surface area contributed by atoms with Gasteiger partial charge in [0.1, 0.15) is 12.4 Å². The molecule has 1 aliphatic heterocycles. The van der Waals surface area contributed by atoms with Crippen LogP contribution in [0.3, 0.4) is 0 Å². The van der Waals surface area contributed by atoms with Gasteiger partial charge in [0.2, 0.25) is 0 Å². The van der Waals surface area contributed by atoms with Gasteiger partial charge in [0.15, 0.2) is 0 Å². The summed E-state index contributed by atoms with van der Waals surface area (Å²) in [7, 11) is 0. The molecule has 1 saturated heterocycles. The Labute approximate surface area is 124 Å². The normalized spacial score (nSPS) is 21.2. The van der Waals surface area contributed by atoms with Gasteiger partial charge in [0.25, 0.3) is 0 Å². The molecular weight excluding hydrogens is 306 g/mol. The lowest BCUT2D eigenvalue weighted by molar-refractivity contribution is -0.253. The third-order valence-corrected chi connectivity index (χ3v) is 3.34. The van der Waals surface area contributed by atoms with Crippen LogP contribution in [0.5, 0.6) is 5.75 Å². The molecule has 0 unspecified atom stereocenters. The average molecular weight is 321 g/mol. The second-order valence-corrected chi connectivity index (χ2v) is 5.68. The highest BCUT2D eigenvalue weighted by atomic mass is 19.3. The summed E-state index contributed by atoms with van der Waals surface area (Å²) in [6, 6.07) is 4.80. The number of halogens is 4. The number of hydrogen-bond donors (Lipinski definition) is 1. The third kappa shape index (κ3) is 3.42. The minimum atomic E-state index is -4.55. The van der Waals surface area contributed by atoms with Gasteiger partial charge < -0.3 is 14.8 Å². The van der Waals surface area contributed by atoms with Gasteiger partial charge in [-0.1, -0.05) is 26.0 Å². The standard InChI is InChI=1S/C14H15F4NO3/c1-13(2)7-21-12(20)19-10(13)8-3-5-9(6-4-8)22-14(17,18)11(15)16/h3-6,10-11H,7H2,1-2H3,(H,19,20)/t10-/m0/s1. The van der Waals surface area contributed by atoms with Gasteiger partial charge in [-0.05, 0) is 17.7 Å². The Morgan fingerprint density at radius 3 is 2.45 bits per heavy atom. The number of alkyl carbamates (subject to hydrolysis) is 1. The summed E-state index contributed by atoms with van der Waals surface area (Å²) in [5.41, 5.74) is 0.220. The van der Waals surface area contributed by atoms with E-state index in [1.807, 2.05) is 13.8 Å². The smallest absolute Gasteiger partial charge is 0.449 e. The number of cyclic esters (lactones) is 1. The van der Waals surface area contributed by atoms with E-state index < -0.39 is 30.1 Å². The van der Waals surface area contributed by atoms with Crippen molar-refractivity contribution in [3.63, 3.8) is 0 Å².